The maximum absolute atomic E-state index is 12.5. The minimum absolute atomic E-state index is 0. The topological polar surface area (TPSA) is 92.5 Å². The summed E-state index contributed by atoms with van der Waals surface area (Å²) < 4.78 is 26.0. The smallest absolute Gasteiger partial charge is 0.243 e. The molecule has 2 unspecified atom stereocenters. The van der Waals surface area contributed by atoms with E-state index in [9.17, 15) is 13.2 Å². The number of rotatable bonds is 6. The molecule has 25 heavy (non-hydrogen) atoms. The van der Waals surface area contributed by atoms with Gasteiger partial charge in [0.1, 0.15) is 0 Å². The Kier molecular flexibility index (Phi) is 8.63. The Balaban J connectivity index is 0.00000312. The van der Waals surface area contributed by atoms with Gasteiger partial charge in [-0.25, -0.2) is 8.42 Å². The van der Waals surface area contributed by atoms with Crippen LogP contribution in [0.3, 0.4) is 0 Å². The average Bonchev–Trinajstić information content (AvgIpc) is 2.55. The monoisotopic (exact) mass is 409 g/mol. The van der Waals surface area contributed by atoms with Crippen molar-refractivity contribution in [2.45, 2.75) is 36.6 Å². The van der Waals surface area contributed by atoms with E-state index < -0.39 is 10.0 Å². The largest absolute Gasteiger partial charge is 0.352 e. The Hall–Kier alpha value is -0.860. The highest BCUT2D eigenvalue weighted by molar-refractivity contribution is 7.89. The molecule has 1 aromatic carbocycles. The van der Waals surface area contributed by atoms with E-state index in [2.05, 4.69) is 5.32 Å². The molecule has 1 amide bonds. The first-order valence-electron chi connectivity index (χ1n) is 8.06. The molecule has 0 bridgehead atoms. The number of sulfonamides is 1. The molecule has 0 aromatic heterocycles. The van der Waals surface area contributed by atoms with Crippen LogP contribution in [0.25, 0.3) is 0 Å². The van der Waals surface area contributed by atoms with Gasteiger partial charge in [-0.3, -0.25) is 4.79 Å². The van der Waals surface area contributed by atoms with Gasteiger partial charge in [-0.2, -0.15) is 4.31 Å². The van der Waals surface area contributed by atoms with Crippen LogP contribution < -0.4 is 11.1 Å². The second kappa shape index (κ2) is 9.73. The molecule has 0 radical (unpaired) electrons. The van der Waals surface area contributed by atoms with E-state index in [1.165, 1.54) is 31.3 Å². The summed E-state index contributed by atoms with van der Waals surface area (Å²) in [4.78, 5) is 12.3. The summed E-state index contributed by atoms with van der Waals surface area (Å²) in [5.41, 5.74) is 5.76. The van der Waals surface area contributed by atoms with Crippen molar-refractivity contribution in [2.24, 2.45) is 11.7 Å². The summed E-state index contributed by atoms with van der Waals surface area (Å²) in [6.45, 7) is 0.308. The van der Waals surface area contributed by atoms with Gasteiger partial charge in [-0.15, -0.1) is 12.4 Å². The molecule has 1 fully saturated rings. The third kappa shape index (κ3) is 5.82. The number of amides is 1. The number of likely N-dealkylation sites (N-methyl/N-ethyl adjacent to an activating group) is 1. The van der Waals surface area contributed by atoms with Gasteiger partial charge in [0.15, 0.2) is 0 Å². The maximum atomic E-state index is 12.5. The number of hydrogen-bond acceptors (Lipinski definition) is 4. The SMILES string of the molecule is CN(CC(=O)NC1CCCCC1CN)S(=O)(=O)c1ccc(Cl)cc1.Cl. The summed E-state index contributed by atoms with van der Waals surface area (Å²) in [5.74, 6) is -0.0405. The van der Waals surface area contributed by atoms with Crippen molar-refractivity contribution in [1.29, 1.82) is 0 Å². The van der Waals surface area contributed by atoms with Crippen molar-refractivity contribution in [3.05, 3.63) is 29.3 Å². The number of benzene rings is 1. The molecule has 2 atom stereocenters. The van der Waals surface area contributed by atoms with Crippen LogP contribution >= 0.6 is 24.0 Å². The van der Waals surface area contributed by atoms with E-state index in [1.807, 2.05) is 0 Å². The fourth-order valence-corrected chi connectivity index (χ4v) is 4.26. The van der Waals surface area contributed by atoms with E-state index in [1.54, 1.807) is 0 Å². The second-order valence-corrected chi connectivity index (χ2v) is 8.65. The fourth-order valence-electron chi connectivity index (χ4n) is 3.01. The molecule has 1 saturated carbocycles. The van der Waals surface area contributed by atoms with E-state index in [4.69, 9.17) is 17.3 Å². The highest BCUT2D eigenvalue weighted by atomic mass is 35.5. The average molecular weight is 410 g/mol. The predicted molar refractivity (Wildman–Crippen MR) is 101 cm³/mol. The molecule has 142 valence electrons. The molecule has 2 rings (SSSR count). The summed E-state index contributed by atoms with van der Waals surface area (Å²) in [5, 5.41) is 3.40. The van der Waals surface area contributed by atoms with Gasteiger partial charge >= 0.3 is 0 Å². The molecule has 0 heterocycles. The number of carbonyl (C=O) groups excluding carboxylic acids is 1. The molecule has 1 aromatic rings. The van der Waals surface area contributed by atoms with Crippen molar-refractivity contribution in [1.82, 2.24) is 9.62 Å². The van der Waals surface area contributed by atoms with Crippen LogP contribution in [-0.2, 0) is 14.8 Å². The van der Waals surface area contributed by atoms with E-state index in [-0.39, 0.29) is 41.7 Å². The van der Waals surface area contributed by atoms with E-state index >= 15 is 0 Å². The van der Waals surface area contributed by atoms with E-state index in [0.717, 1.165) is 30.0 Å². The van der Waals surface area contributed by atoms with Gasteiger partial charge < -0.3 is 11.1 Å². The highest BCUT2D eigenvalue weighted by Gasteiger charge is 2.27. The van der Waals surface area contributed by atoms with E-state index in [0.29, 0.717) is 11.6 Å². The maximum Gasteiger partial charge on any atom is 0.243 e. The van der Waals surface area contributed by atoms with Crippen molar-refractivity contribution in [3.8, 4) is 0 Å². The zero-order valence-electron chi connectivity index (χ0n) is 14.2. The molecular formula is C16H25Cl2N3O3S. The number of nitrogens with two attached hydrogens (primary N) is 1. The first-order chi connectivity index (χ1) is 11.3. The van der Waals surface area contributed by atoms with Crippen LogP contribution in [0.15, 0.2) is 29.2 Å². The minimum atomic E-state index is -3.72. The standard InChI is InChI=1S/C16H24ClN3O3S.ClH/c1-20(24(22,23)14-8-6-13(17)7-9-14)11-16(21)19-15-5-3-2-4-12(15)10-18;/h6-9,12,15H,2-5,10-11,18H2,1H3,(H,19,21);1H. The lowest BCUT2D eigenvalue weighted by Gasteiger charge is -2.31. The van der Waals surface area contributed by atoms with Crippen molar-refractivity contribution in [3.63, 3.8) is 0 Å². The summed E-state index contributed by atoms with van der Waals surface area (Å²) in [6.07, 6.45) is 4.07. The molecule has 0 spiro atoms. The molecule has 1 aliphatic rings. The lowest BCUT2D eigenvalue weighted by molar-refractivity contribution is -0.122. The van der Waals surface area contributed by atoms with Crippen LogP contribution in [-0.4, -0.2) is 44.8 Å². The molecule has 6 nitrogen and oxygen atoms in total. The second-order valence-electron chi connectivity index (χ2n) is 6.17. The van der Waals surface area contributed by atoms with Gasteiger partial charge in [0, 0.05) is 18.1 Å². The third-order valence-electron chi connectivity index (χ3n) is 4.45. The van der Waals surface area contributed by atoms with Crippen LogP contribution in [0, 0.1) is 5.92 Å². The Bertz CT molecular complexity index is 668. The quantitative estimate of drug-likeness (QED) is 0.751. The Morgan fingerprint density at radius 2 is 1.88 bits per heavy atom. The van der Waals surface area contributed by atoms with Gasteiger partial charge in [0.2, 0.25) is 15.9 Å². The zero-order chi connectivity index (χ0) is 17.7. The highest BCUT2D eigenvalue weighted by Crippen LogP contribution is 2.23. The number of nitrogens with zero attached hydrogens (tertiary/aromatic N) is 1. The Labute approximate surface area is 160 Å². The lowest BCUT2D eigenvalue weighted by atomic mass is 9.84. The van der Waals surface area contributed by atoms with Gasteiger partial charge in [-0.05, 0) is 49.6 Å². The van der Waals surface area contributed by atoms with Crippen molar-refractivity contribution in [2.75, 3.05) is 20.1 Å². The fraction of sp³-hybridized carbons (Fsp3) is 0.562. The van der Waals surface area contributed by atoms with Gasteiger partial charge in [-0.1, -0.05) is 24.4 Å². The van der Waals surface area contributed by atoms with Gasteiger partial charge in [0.25, 0.3) is 0 Å². The first-order valence-corrected chi connectivity index (χ1v) is 9.87. The lowest BCUT2D eigenvalue weighted by Crippen LogP contribution is -2.48. The normalized spacial score (nSPS) is 20.8. The molecule has 1 aliphatic carbocycles. The van der Waals surface area contributed by atoms with Crippen molar-refractivity contribution >= 4 is 39.9 Å². The van der Waals surface area contributed by atoms with Crippen LogP contribution in [0.5, 0.6) is 0 Å². The van der Waals surface area contributed by atoms with Crippen LogP contribution in [0.1, 0.15) is 25.7 Å². The zero-order valence-corrected chi connectivity index (χ0v) is 16.5. The Morgan fingerprint density at radius 3 is 2.48 bits per heavy atom. The number of hydrogen-bond donors (Lipinski definition) is 2. The Morgan fingerprint density at radius 1 is 1.28 bits per heavy atom. The van der Waals surface area contributed by atoms with Crippen LogP contribution in [0.4, 0.5) is 0 Å². The van der Waals surface area contributed by atoms with Crippen LogP contribution in [0.2, 0.25) is 5.02 Å². The summed E-state index contributed by atoms with van der Waals surface area (Å²) in [6, 6.07) is 5.91. The molecule has 0 aliphatic heterocycles. The summed E-state index contributed by atoms with van der Waals surface area (Å²) >= 11 is 5.78. The molecule has 9 heteroatoms. The molecule has 3 N–H and O–H groups in total. The number of nitrogens with one attached hydrogen (secondary N) is 1. The minimum Gasteiger partial charge on any atom is -0.352 e. The van der Waals surface area contributed by atoms with Crippen molar-refractivity contribution < 1.29 is 13.2 Å². The summed E-state index contributed by atoms with van der Waals surface area (Å²) in [7, 11) is -2.33. The molecular weight excluding hydrogens is 385 g/mol. The number of halogens is 2. The van der Waals surface area contributed by atoms with Gasteiger partial charge in [0.05, 0.1) is 11.4 Å². The first kappa shape index (κ1) is 22.2. The predicted octanol–water partition coefficient (Wildman–Crippen LogP) is 2.02. The third-order valence-corrected chi connectivity index (χ3v) is 6.52. The number of carbonyl (C=O) groups is 1. The molecule has 0 saturated heterocycles.